The number of rotatable bonds is 20. The zero-order valence-corrected chi connectivity index (χ0v) is 42.6. The standard InChI is InChI=1S/C63H69N3O7/c1-5-8-11-40-13-17-42(18-14-40)44-21-31-50(32-22-44)72-54-38-52(65-47-27-25-46(64-4)26-28-47)56-58(60(54)67)63(70)57-53(66-48-29-35-49(36-30-48)71-37-10-7-3)39-55(61(68)59(57)62(56)69)73-51-33-23-45(24-34-51)43-19-15-41(16-20-43)12-9-6-2/h21-36,38-43,65-68H,5-20,37H2,1-3H3. The number of phenolic OH excluding ortho intramolecular Hbond substituents is 2. The second kappa shape index (κ2) is 23.5. The smallest absolute Gasteiger partial charge is 0.200 e. The van der Waals surface area contributed by atoms with Crippen molar-refractivity contribution in [2.24, 2.45) is 11.8 Å². The molecule has 0 unspecified atom stereocenters. The van der Waals surface area contributed by atoms with Crippen molar-refractivity contribution in [3.05, 3.63) is 154 Å². The number of fused-ring (bicyclic) bond motifs is 2. The van der Waals surface area contributed by atoms with Crippen molar-refractivity contribution in [3.8, 4) is 40.2 Å². The summed E-state index contributed by atoms with van der Waals surface area (Å²) in [5.41, 5.74) is 3.52. The third kappa shape index (κ3) is 11.7. The Hall–Kier alpha value is -7.25. The minimum Gasteiger partial charge on any atom is -0.504 e. The predicted octanol–water partition coefficient (Wildman–Crippen LogP) is 17.6. The molecule has 10 nitrogen and oxygen atoms in total. The third-order valence-electron chi connectivity index (χ3n) is 15.4. The summed E-state index contributed by atoms with van der Waals surface area (Å²) < 4.78 is 18.8. The number of phenols is 2. The summed E-state index contributed by atoms with van der Waals surface area (Å²) in [6.07, 6.45) is 19.1. The van der Waals surface area contributed by atoms with Crippen LogP contribution in [0.2, 0.25) is 0 Å². The van der Waals surface area contributed by atoms with Gasteiger partial charge in [-0.1, -0.05) is 102 Å². The van der Waals surface area contributed by atoms with E-state index in [1.54, 1.807) is 24.3 Å². The van der Waals surface area contributed by atoms with E-state index in [1.165, 1.54) is 87.5 Å². The molecule has 0 radical (unpaired) electrons. The summed E-state index contributed by atoms with van der Waals surface area (Å²) in [5, 5.41) is 31.1. The van der Waals surface area contributed by atoms with E-state index in [-0.39, 0.29) is 45.1 Å². The van der Waals surface area contributed by atoms with Crippen LogP contribution in [0.15, 0.2) is 109 Å². The molecule has 0 bridgehead atoms. The fourth-order valence-corrected chi connectivity index (χ4v) is 11.1. The Morgan fingerprint density at radius 1 is 0.521 bits per heavy atom. The van der Waals surface area contributed by atoms with E-state index >= 15 is 9.59 Å². The van der Waals surface area contributed by atoms with E-state index in [2.05, 4.69) is 60.5 Å². The summed E-state index contributed by atoms with van der Waals surface area (Å²) in [6.45, 7) is 14.7. The number of hydrogen-bond acceptors (Lipinski definition) is 9. The van der Waals surface area contributed by atoms with Crippen LogP contribution in [-0.2, 0) is 0 Å². The molecule has 0 heterocycles. The van der Waals surface area contributed by atoms with E-state index in [4.69, 9.17) is 20.8 Å². The van der Waals surface area contributed by atoms with Crippen LogP contribution in [0.5, 0.6) is 40.2 Å². The van der Waals surface area contributed by atoms with E-state index in [0.717, 1.165) is 50.4 Å². The maximum atomic E-state index is 15.3. The number of benzene rings is 6. The van der Waals surface area contributed by atoms with E-state index < -0.39 is 23.1 Å². The molecule has 0 aliphatic heterocycles. The minimum absolute atomic E-state index is 0.0315. The van der Waals surface area contributed by atoms with Gasteiger partial charge >= 0.3 is 0 Å². The molecule has 6 aromatic rings. The van der Waals surface area contributed by atoms with Crippen LogP contribution in [0.25, 0.3) is 4.85 Å². The van der Waals surface area contributed by atoms with Crippen LogP contribution < -0.4 is 24.8 Å². The first-order chi connectivity index (χ1) is 35.6. The highest BCUT2D eigenvalue weighted by molar-refractivity contribution is 6.34. The molecule has 2 saturated carbocycles. The van der Waals surface area contributed by atoms with E-state index in [1.807, 2.05) is 48.5 Å². The molecule has 9 rings (SSSR count). The number of anilines is 4. The van der Waals surface area contributed by atoms with Gasteiger partial charge < -0.3 is 35.1 Å². The number of unbranched alkanes of at least 4 members (excludes halogenated alkanes) is 3. The summed E-state index contributed by atoms with van der Waals surface area (Å²) >= 11 is 0. The Balaban J connectivity index is 1.07. The number of hydrogen-bond donors (Lipinski definition) is 4. The second-order valence-corrected chi connectivity index (χ2v) is 20.4. The molecule has 6 aromatic carbocycles. The molecule has 0 atom stereocenters. The number of carbonyl (C=O) groups excluding carboxylic acids is 2. The summed E-state index contributed by atoms with van der Waals surface area (Å²) in [6, 6.07) is 32.8. The SMILES string of the molecule is [C-]#[N+]c1ccc(Nc2cc(Oc3ccc(C4CCC(CCCC)CC4)cc3)c(O)c3c2C(=O)c2c(O)c(Oc4ccc(C5CCC(CCCC)CC5)cc4)cc(Nc4ccc(OCCCC)cc4)c2C3=O)cc1. The predicted molar refractivity (Wildman–Crippen MR) is 291 cm³/mol. The van der Waals surface area contributed by atoms with Crippen LogP contribution in [-0.4, -0.2) is 28.4 Å². The van der Waals surface area contributed by atoms with Gasteiger partial charge in [0.25, 0.3) is 0 Å². The number of nitrogens with one attached hydrogen (secondary N) is 2. The molecule has 0 aromatic heterocycles. The highest BCUT2D eigenvalue weighted by atomic mass is 16.5. The number of carbonyl (C=O) groups is 2. The van der Waals surface area contributed by atoms with Crippen molar-refractivity contribution in [2.75, 3.05) is 17.2 Å². The Morgan fingerprint density at radius 3 is 1.32 bits per heavy atom. The number of aromatic hydroxyl groups is 2. The van der Waals surface area contributed by atoms with Crippen molar-refractivity contribution >= 4 is 40.0 Å². The van der Waals surface area contributed by atoms with Gasteiger partial charge in [0, 0.05) is 23.5 Å². The Labute approximate surface area is 431 Å². The van der Waals surface area contributed by atoms with Crippen LogP contribution >= 0.6 is 0 Å². The average molecular weight is 980 g/mol. The minimum atomic E-state index is -0.712. The molecule has 3 aliphatic carbocycles. The number of ketones is 2. The van der Waals surface area contributed by atoms with Gasteiger partial charge in [-0.25, -0.2) is 4.85 Å². The Bertz CT molecular complexity index is 2910. The van der Waals surface area contributed by atoms with Gasteiger partial charge in [0.2, 0.25) is 11.6 Å². The Kier molecular flexibility index (Phi) is 16.3. The first-order valence-electron chi connectivity index (χ1n) is 26.8. The summed E-state index contributed by atoms with van der Waals surface area (Å²) in [5.74, 6) is 1.60. The molecule has 0 amide bonds. The van der Waals surface area contributed by atoms with Gasteiger partial charge in [0.05, 0.1) is 46.8 Å². The second-order valence-electron chi connectivity index (χ2n) is 20.4. The molecule has 378 valence electrons. The maximum Gasteiger partial charge on any atom is 0.200 e. The Morgan fingerprint density at radius 2 is 0.918 bits per heavy atom. The summed E-state index contributed by atoms with van der Waals surface area (Å²) in [7, 11) is 0. The van der Waals surface area contributed by atoms with Crippen molar-refractivity contribution in [1.82, 2.24) is 0 Å². The van der Waals surface area contributed by atoms with Gasteiger partial charge in [-0.3, -0.25) is 9.59 Å². The molecular weight excluding hydrogens is 911 g/mol. The van der Waals surface area contributed by atoms with Crippen molar-refractivity contribution in [1.29, 1.82) is 0 Å². The first kappa shape index (κ1) is 50.7. The highest BCUT2D eigenvalue weighted by Gasteiger charge is 2.41. The van der Waals surface area contributed by atoms with Crippen LogP contribution in [0.4, 0.5) is 28.4 Å². The molecule has 0 spiro atoms. The monoisotopic (exact) mass is 980 g/mol. The molecule has 2 fully saturated rings. The van der Waals surface area contributed by atoms with Gasteiger partial charge in [-0.15, -0.1) is 0 Å². The van der Waals surface area contributed by atoms with E-state index in [0.29, 0.717) is 52.8 Å². The van der Waals surface area contributed by atoms with Crippen molar-refractivity contribution in [3.63, 3.8) is 0 Å². The molecule has 0 saturated heterocycles. The van der Waals surface area contributed by atoms with E-state index in [9.17, 15) is 10.2 Å². The van der Waals surface area contributed by atoms with Gasteiger partial charge in [-0.05, 0) is 153 Å². The fourth-order valence-electron chi connectivity index (χ4n) is 11.1. The lowest BCUT2D eigenvalue weighted by Crippen LogP contribution is -2.24. The highest BCUT2D eigenvalue weighted by Crippen LogP contribution is 2.51. The van der Waals surface area contributed by atoms with Crippen LogP contribution in [0.3, 0.4) is 0 Å². The lowest BCUT2D eigenvalue weighted by molar-refractivity contribution is 0.0974. The number of nitrogens with zero attached hydrogens (tertiary/aromatic N) is 1. The molecule has 4 N–H and O–H groups in total. The lowest BCUT2D eigenvalue weighted by Gasteiger charge is -2.29. The van der Waals surface area contributed by atoms with Crippen molar-refractivity contribution in [2.45, 2.75) is 135 Å². The van der Waals surface area contributed by atoms with Crippen LogP contribution in [0.1, 0.15) is 178 Å². The zero-order valence-electron chi connectivity index (χ0n) is 42.6. The molecule has 3 aliphatic rings. The van der Waals surface area contributed by atoms with Gasteiger partial charge in [-0.2, -0.15) is 0 Å². The third-order valence-corrected chi connectivity index (χ3v) is 15.4. The molecule has 10 heteroatoms. The quantitative estimate of drug-likeness (QED) is 0.0335. The summed E-state index contributed by atoms with van der Waals surface area (Å²) in [4.78, 5) is 34.1. The largest absolute Gasteiger partial charge is 0.504 e. The lowest BCUT2D eigenvalue weighted by atomic mass is 9.77. The topological polar surface area (TPSA) is 131 Å². The van der Waals surface area contributed by atoms with Gasteiger partial charge in [0.1, 0.15) is 17.2 Å². The fraction of sp³-hybridized carbons (Fsp3) is 0.381. The average Bonchev–Trinajstić information content (AvgIpc) is 3.42. The zero-order chi connectivity index (χ0) is 50.8. The molecule has 73 heavy (non-hydrogen) atoms. The number of ether oxygens (including phenoxy) is 3. The van der Waals surface area contributed by atoms with Crippen LogP contribution in [0, 0.1) is 18.4 Å². The molecular formula is C63H69N3O7. The maximum absolute atomic E-state index is 15.3. The van der Waals surface area contributed by atoms with Gasteiger partial charge in [0.15, 0.2) is 28.7 Å². The normalized spacial score (nSPS) is 18.3. The first-order valence-corrected chi connectivity index (χ1v) is 26.8. The van der Waals surface area contributed by atoms with Crippen molar-refractivity contribution < 1.29 is 34.0 Å².